The lowest BCUT2D eigenvalue weighted by molar-refractivity contribution is -0.154. The van der Waals surface area contributed by atoms with Gasteiger partial charge in [-0.25, -0.2) is 0 Å². The van der Waals surface area contributed by atoms with E-state index in [1.165, 1.54) is 0 Å². The fourth-order valence-corrected chi connectivity index (χ4v) is 4.47. The van der Waals surface area contributed by atoms with Gasteiger partial charge in [0.2, 0.25) is 5.79 Å². The third kappa shape index (κ3) is 1.69. The molecular formula is C17H14O6. The monoisotopic (exact) mass is 314 g/mol. The number of hydrogen-bond acceptors (Lipinski definition) is 6. The van der Waals surface area contributed by atoms with E-state index in [9.17, 15) is 14.4 Å². The van der Waals surface area contributed by atoms with E-state index in [0.29, 0.717) is 13.0 Å². The number of benzene rings is 1. The summed E-state index contributed by atoms with van der Waals surface area (Å²) >= 11 is 0. The van der Waals surface area contributed by atoms with E-state index in [1.54, 1.807) is 0 Å². The van der Waals surface area contributed by atoms with Gasteiger partial charge in [0.25, 0.3) is 0 Å². The van der Waals surface area contributed by atoms with E-state index < -0.39 is 29.6 Å². The van der Waals surface area contributed by atoms with Gasteiger partial charge in [-0.15, -0.1) is 0 Å². The smallest absolute Gasteiger partial charge is 0.321 e. The first-order valence-corrected chi connectivity index (χ1v) is 7.79. The normalized spacial score (nSPS) is 40.6. The second-order valence-corrected chi connectivity index (χ2v) is 6.68. The van der Waals surface area contributed by atoms with Crippen molar-refractivity contribution in [3.63, 3.8) is 0 Å². The Hall–Kier alpha value is -2.21. The maximum absolute atomic E-state index is 12.1. The van der Waals surface area contributed by atoms with E-state index in [1.807, 2.05) is 24.3 Å². The highest BCUT2D eigenvalue weighted by Crippen LogP contribution is 2.57. The highest BCUT2D eigenvalue weighted by molar-refractivity contribution is 6.00. The molecule has 4 aliphatic rings. The number of epoxide rings is 1. The van der Waals surface area contributed by atoms with Gasteiger partial charge in [-0.3, -0.25) is 14.4 Å². The van der Waals surface area contributed by atoms with Gasteiger partial charge in [0.05, 0.1) is 18.3 Å². The van der Waals surface area contributed by atoms with Crippen molar-refractivity contribution >= 4 is 17.9 Å². The van der Waals surface area contributed by atoms with Crippen LogP contribution in [0.5, 0.6) is 0 Å². The second-order valence-electron chi connectivity index (χ2n) is 6.68. The Bertz CT molecular complexity index is 749. The molecule has 1 spiro atoms. The first-order valence-electron chi connectivity index (χ1n) is 7.79. The number of hydrogen-bond donors (Lipinski definition) is 0. The highest BCUT2D eigenvalue weighted by atomic mass is 16.8. The van der Waals surface area contributed by atoms with Crippen molar-refractivity contribution in [1.29, 1.82) is 0 Å². The van der Waals surface area contributed by atoms with Crippen molar-refractivity contribution in [2.24, 2.45) is 11.8 Å². The molecule has 5 atom stereocenters. The summed E-state index contributed by atoms with van der Waals surface area (Å²) in [6, 6.07) is 7.60. The summed E-state index contributed by atoms with van der Waals surface area (Å²) in [7, 11) is 0. The minimum Gasteiger partial charge on any atom is -0.430 e. The zero-order valence-corrected chi connectivity index (χ0v) is 12.2. The molecule has 0 amide bonds. The summed E-state index contributed by atoms with van der Waals surface area (Å²) in [5, 5.41) is 0. The van der Waals surface area contributed by atoms with Crippen molar-refractivity contribution in [1.82, 2.24) is 0 Å². The largest absolute Gasteiger partial charge is 0.430 e. The first kappa shape index (κ1) is 13.2. The minimum absolute atomic E-state index is 0.0557. The molecule has 0 radical (unpaired) electrons. The Morgan fingerprint density at radius 2 is 1.74 bits per heavy atom. The standard InChI is InChI=1S/C17H14O6/c18-13-6-12(17(23-13)7-21-17)10-5-11-14(16(20)22-15(11)19)9-4-2-1-3-8(9)10/h1-4,10-12,14H,5-7H2. The molecule has 1 aromatic rings. The van der Waals surface area contributed by atoms with Crippen LogP contribution in [0.4, 0.5) is 0 Å². The molecule has 3 fully saturated rings. The molecule has 3 aliphatic heterocycles. The van der Waals surface area contributed by atoms with E-state index in [4.69, 9.17) is 14.2 Å². The van der Waals surface area contributed by atoms with Gasteiger partial charge in [0.15, 0.2) is 0 Å². The van der Waals surface area contributed by atoms with Gasteiger partial charge >= 0.3 is 17.9 Å². The maximum atomic E-state index is 12.1. The van der Waals surface area contributed by atoms with E-state index in [0.717, 1.165) is 11.1 Å². The number of ether oxygens (including phenoxy) is 3. The second kappa shape index (κ2) is 4.20. The van der Waals surface area contributed by atoms with Crippen molar-refractivity contribution < 1.29 is 28.6 Å². The molecule has 3 heterocycles. The van der Waals surface area contributed by atoms with Crippen LogP contribution in [0, 0.1) is 11.8 Å². The van der Waals surface area contributed by atoms with Crippen molar-refractivity contribution in [3.05, 3.63) is 35.4 Å². The lowest BCUT2D eigenvalue weighted by atomic mass is 9.66. The maximum Gasteiger partial charge on any atom is 0.321 e. The topological polar surface area (TPSA) is 82.2 Å². The fraction of sp³-hybridized carbons (Fsp3) is 0.471. The van der Waals surface area contributed by atoms with Crippen LogP contribution in [0.25, 0.3) is 0 Å². The molecule has 0 bridgehead atoms. The third-order valence-corrected chi connectivity index (χ3v) is 5.55. The zero-order chi connectivity index (χ0) is 15.8. The number of esters is 3. The summed E-state index contributed by atoms with van der Waals surface area (Å²) < 4.78 is 15.7. The molecule has 5 rings (SSSR count). The van der Waals surface area contributed by atoms with Crippen LogP contribution < -0.4 is 0 Å². The Morgan fingerprint density at radius 1 is 1.00 bits per heavy atom. The van der Waals surface area contributed by atoms with Crippen LogP contribution in [-0.4, -0.2) is 30.3 Å². The quantitative estimate of drug-likeness (QED) is 0.441. The predicted octanol–water partition coefficient (Wildman–Crippen LogP) is 1.25. The SMILES string of the molecule is O=C1CC(C2CC3C(=O)OC(=O)C3c3ccccc32)C2(CO2)O1. The Labute approximate surface area is 131 Å². The van der Waals surface area contributed by atoms with Crippen molar-refractivity contribution in [2.45, 2.75) is 30.5 Å². The first-order chi connectivity index (χ1) is 11.1. The molecule has 6 nitrogen and oxygen atoms in total. The van der Waals surface area contributed by atoms with E-state index in [-0.39, 0.29) is 24.2 Å². The van der Waals surface area contributed by atoms with Crippen molar-refractivity contribution in [3.8, 4) is 0 Å². The Morgan fingerprint density at radius 3 is 2.48 bits per heavy atom. The molecule has 0 aromatic heterocycles. The summed E-state index contributed by atoms with van der Waals surface area (Å²) in [6.07, 6.45) is 0.762. The molecule has 23 heavy (non-hydrogen) atoms. The average Bonchev–Trinajstić information content (AvgIpc) is 3.14. The van der Waals surface area contributed by atoms with Crippen molar-refractivity contribution in [2.75, 3.05) is 6.61 Å². The van der Waals surface area contributed by atoms with Crippen LogP contribution >= 0.6 is 0 Å². The summed E-state index contributed by atoms with van der Waals surface area (Å²) in [4.78, 5) is 35.9. The third-order valence-electron chi connectivity index (χ3n) is 5.55. The Balaban J connectivity index is 1.62. The zero-order valence-electron chi connectivity index (χ0n) is 12.2. The molecule has 6 heteroatoms. The number of cyclic esters (lactones) is 2. The van der Waals surface area contributed by atoms with Crippen LogP contribution in [0.1, 0.15) is 35.8 Å². The molecule has 5 unspecified atom stereocenters. The molecule has 1 aliphatic carbocycles. The Kier molecular flexibility index (Phi) is 2.42. The number of rotatable bonds is 1. The van der Waals surface area contributed by atoms with E-state index >= 15 is 0 Å². The summed E-state index contributed by atoms with van der Waals surface area (Å²) in [5.41, 5.74) is 1.83. The number of carbonyl (C=O) groups excluding carboxylic acids is 3. The minimum atomic E-state index is -0.825. The van der Waals surface area contributed by atoms with Crippen LogP contribution in [0.3, 0.4) is 0 Å². The summed E-state index contributed by atoms with van der Waals surface area (Å²) in [5.74, 6) is -3.21. The van der Waals surface area contributed by atoms with Gasteiger partial charge in [-0.1, -0.05) is 24.3 Å². The lowest BCUT2D eigenvalue weighted by Gasteiger charge is -2.34. The molecule has 3 saturated heterocycles. The number of carbonyl (C=O) groups is 3. The predicted molar refractivity (Wildman–Crippen MR) is 74.0 cm³/mol. The van der Waals surface area contributed by atoms with Crippen LogP contribution in [0.15, 0.2) is 24.3 Å². The van der Waals surface area contributed by atoms with Gasteiger partial charge in [-0.05, 0) is 23.5 Å². The fourth-order valence-electron chi connectivity index (χ4n) is 4.47. The van der Waals surface area contributed by atoms with Gasteiger partial charge in [0, 0.05) is 5.92 Å². The van der Waals surface area contributed by atoms with Crippen LogP contribution in [0.2, 0.25) is 0 Å². The van der Waals surface area contributed by atoms with Gasteiger partial charge in [-0.2, -0.15) is 0 Å². The molecular weight excluding hydrogens is 300 g/mol. The average molecular weight is 314 g/mol. The van der Waals surface area contributed by atoms with Crippen LogP contribution in [-0.2, 0) is 28.6 Å². The summed E-state index contributed by atoms with van der Waals surface area (Å²) in [6.45, 7) is 0.402. The number of fused-ring (bicyclic) bond motifs is 3. The van der Waals surface area contributed by atoms with Gasteiger partial charge in [0.1, 0.15) is 6.61 Å². The molecule has 118 valence electrons. The highest BCUT2D eigenvalue weighted by Gasteiger charge is 2.65. The lowest BCUT2D eigenvalue weighted by Crippen LogP contribution is -2.33. The molecule has 0 saturated carbocycles. The van der Waals surface area contributed by atoms with E-state index in [2.05, 4.69) is 0 Å². The van der Waals surface area contributed by atoms with Gasteiger partial charge < -0.3 is 14.2 Å². The molecule has 0 N–H and O–H groups in total. The molecule has 1 aromatic carbocycles.